The highest BCUT2D eigenvalue weighted by atomic mass is 19.4. The molecule has 2 unspecified atom stereocenters. The Kier molecular flexibility index (Phi) is 6.24. The topological polar surface area (TPSA) is 120 Å². The van der Waals surface area contributed by atoms with Crippen molar-refractivity contribution in [1.82, 2.24) is 20.0 Å². The first kappa shape index (κ1) is 24.6. The van der Waals surface area contributed by atoms with E-state index in [1.807, 2.05) is 0 Å². The predicted molar refractivity (Wildman–Crippen MR) is 107 cm³/mol. The number of morpholine rings is 1. The molecule has 13 heteroatoms. The average Bonchev–Trinajstić information content (AvgIpc) is 3.17. The normalized spacial score (nSPS) is 20.0. The van der Waals surface area contributed by atoms with Gasteiger partial charge in [-0.25, -0.2) is 9.48 Å². The fourth-order valence-electron chi connectivity index (χ4n) is 3.15. The molecule has 1 amide bonds. The van der Waals surface area contributed by atoms with Gasteiger partial charge in [-0.05, 0) is 40.7 Å². The largest absolute Gasteiger partial charge is 0.458 e. The van der Waals surface area contributed by atoms with E-state index < -0.39 is 47.2 Å². The number of nitrogens with zero attached hydrogens (tertiary/aromatic N) is 5. The molecule has 1 aliphatic rings. The zero-order chi connectivity index (χ0) is 24.8. The van der Waals surface area contributed by atoms with Crippen molar-refractivity contribution in [3.63, 3.8) is 0 Å². The molecule has 10 nitrogen and oxygen atoms in total. The summed E-state index contributed by atoms with van der Waals surface area (Å²) in [7, 11) is 0. The van der Waals surface area contributed by atoms with Crippen molar-refractivity contribution in [1.29, 1.82) is 0 Å². The number of anilines is 1. The van der Waals surface area contributed by atoms with Crippen molar-refractivity contribution in [2.75, 3.05) is 11.4 Å². The van der Waals surface area contributed by atoms with Crippen molar-refractivity contribution in [2.45, 2.75) is 64.2 Å². The third kappa shape index (κ3) is 5.66. The Labute approximate surface area is 187 Å². The Morgan fingerprint density at radius 1 is 1.33 bits per heavy atom. The van der Waals surface area contributed by atoms with Gasteiger partial charge >= 0.3 is 12.1 Å². The minimum Gasteiger partial charge on any atom is -0.458 e. The molecule has 0 radical (unpaired) electrons. The van der Waals surface area contributed by atoms with Crippen molar-refractivity contribution >= 4 is 17.7 Å². The number of hydrogen-bond acceptors (Lipinski definition) is 8. The summed E-state index contributed by atoms with van der Waals surface area (Å²) in [6, 6.07) is 2.17. The first-order valence-electron chi connectivity index (χ1n) is 9.93. The van der Waals surface area contributed by atoms with Gasteiger partial charge in [0.25, 0.3) is 5.91 Å². The SMILES string of the molecule is CC(C)(C)OC(=O)C(O)C1OC(C)(C)CN(c2ccn(-c3cnnc(C(F)(F)F)c3)n2)C1=O. The number of aliphatic hydroxyl groups is 1. The van der Waals surface area contributed by atoms with Crippen LogP contribution in [0.5, 0.6) is 0 Å². The van der Waals surface area contributed by atoms with Gasteiger partial charge in [0.15, 0.2) is 23.7 Å². The molecule has 0 bridgehead atoms. The minimum absolute atomic E-state index is 0.0166. The first-order valence-corrected chi connectivity index (χ1v) is 9.93. The molecular weight excluding hydrogens is 447 g/mol. The molecule has 0 spiro atoms. The second kappa shape index (κ2) is 8.37. The van der Waals surface area contributed by atoms with Crippen molar-refractivity contribution < 1.29 is 37.3 Å². The number of hydrogen-bond donors (Lipinski definition) is 1. The molecule has 1 N–H and O–H groups in total. The van der Waals surface area contributed by atoms with Gasteiger partial charge < -0.3 is 14.6 Å². The monoisotopic (exact) mass is 471 g/mol. The second-order valence-electron chi connectivity index (χ2n) is 9.12. The van der Waals surface area contributed by atoms with E-state index in [0.29, 0.717) is 0 Å². The van der Waals surface area contributed by atoms with Gasteiger partial charge in [0.2, 0.25) is 0 Å². The summed E-state index contributed by atoms with van der Waals surface area (Å²) >= 11 is 0. The minimum atomic E-state index is -4.69. The third-order valence-electron chi connectivity index (χ3n) is 4.48. The van der Waals surface area contributed by atoms with Crippen LogP contribution in [0.15, 0.2) is 24.5 Å². The van der Waals surface area contributed by atoms with Crippen LogP contribution in [-0.2, 0) is 25.2 Å². The summed E-state index contributed by atoms with van der Waals surface area (Å²) in [4.78, 5) is 26.6. The first-order chi connectivity index (χ1) is 15.1. The second-order valence-corrected chi connectivity index (χ2v) is 9.12. The molecule has 2 aromatic heterocycles. The zero-order valence-corrected chi connectivity index (χ0v) is 18.6. The molecule has 1 saturated heterocycles. The summed E-state index contributed by atoms with van der Waals surface area (Å²) in [6.45, 7) is 8.16. The van der Waals surface area contributed by atoms with Crippen LogP contribution in [0.25, 0.3) is 5.69 Å². The summed E-state index contributed by atoms with van der Waals surface area (Å²) < 4.78 is 50.7. The van der Waals surface area contributed by atoms with E-state index in [1.54, 1.807) is 34.6 Å². The highest BCUT2D eigenvalue weighted by molar-refractivity contribution is 6.00. The maximum Gasteiger partial charge on any atom is 0.435 e. The van der Waals surface area contributed by atoms with Crippen molar-refractivity contribution in [3.05, 3.63) is 30.2 Å². The van der Waals surface area contributed by atoms with Crippen LogP contribution in [0, 0.1) is 0 Å². The van der Waals surface area contributed by atoms with E-state index >= 15 is 0 Å². The Hall–Kier alpha value is -3.06. The van der Waals surface area contributed by atoms with Crippen LogP contribution < -0.4 is 4.90 Å². The Morgan fingerprint density at radius 2 is 2.00 bits per heavy atom. The number of aliphatic hydroxyl groups excluding tert-OH is 1. The van der Waals surface area contributed by atoms with Gasteiger partial charge in [-0.1, -0.05) is 0 Å². The molecule has 180 valence electrons. The lowest BCUT2D eigenvalue weighted by Gasteiger charge is -2.42. The lowest BCUT2D eigenvalue weighted by Crippen LogP contribution is -2.61. The van der Waals surface area contributed by atoms with Gasteiger partial charge in [0.05, 0.1) is 24.0 Å². The van der Waals surface area contributed by atoms with E-state index in [9.17, 15) is 27.9 Å². The molecule has 2 atom stereocenters. The zero-order valence-electron chi connectivity index (χ0n) is 18.6. The highest BCUT2D eigenvalue weighted by Crippen LogP contribution is 2.30. The fourth-order valence-corrected chi connectivity index (χ4v) is 3.15. The van der Waals surface area contributed by atoms with Crippen LogP contribution in [0.3, 0.4) is 0 Å². The van der Waals surface area contributed by atoms with Crippen LogP contribution in [0.2, 0.25) is 0 Å². The molecule has 0 saturated carbocycles. The molecule has 0 aromatic carbocycles. The highest BCUT2D eigenvalue weighted by Gasteiger charge is 2.47. The number of rotatable bonds is 4. The van der Waals surface area contributed by atoms with Gasteiger partial charge in [-0.15, -0.1) is 10.2 Å². The van der Waals surface area contributed by atoms with Crippen LogP contribution in [-0.4, -0.2) is 66.9 Å². The smallest absolute Gasteiger partial charge is 0.435 e. The quantitative estimate of drug-likeness (QED) is 0.672. The molecule has 3 rings (SSSR count). The average molecular weight is 471 g/mol. The van der Waals surface area contributed by atoms with Gasteiger partial charge in [-0.3, -0.25) is 9.69 Å². The number of carbonyl (C=O) groups excluding carboxylic acids is 2. The lowest BCUT2D eigenvalue weighted by atomic mass is 10.0. The molecular formula is C20H24F3N5O5. The summed E-state index contributed by atoms with van der Waals surface area (Å²) in [5, 5.41) is 21.1. The van der Waals surface area contributed by atoms with E-state index in [2.05, 4.69) is 15.3 Å². The van der Waals surface area contributed by atoms with Crippen molar-refractivity contribution in [3.8, 4) is 5.69 Å². The summed E-state index contributed by atoms with van der Waals surface area (Å²) in [6.07, 6.45) is -5.70. The maximum atomic E-state index is 13.1. The van der Waals surface area contributed by atoms with Gasteiger partial charge in [0, 0.05) is 12.3 Å². The van der Waals surface area contributed by atoms with E-state index in [-0.39, 0.29) is 18.1 Å². The maximum absolute atomic E-state index is 13.1. The molecule has 1 fully saturated rings. The fraction of sp³-hybridized carbons (Fsp3) is 0.550. The van der Waals surface area contributed by atoms with Crippen LogP contribution in [0.1, 0.15) is 40.3 Å². The predicted octanol–water partition coefficient (Wildman–Crippen LogP) is 1.89. The van der Waals surface area contributed by atoms with Crippen molar-refractivity contribution in [2.24, 2.45) is 0 Å². The van der Waals surface area contributed by atoms with E-state index in [1.165, 1.54) is 17.2 Å². The molecule has 1 aliphatic heterocycles. The Balaban J connectivity index is 1.88. The number of carbonyl (C=O) groups is 2. The lowest BCUT2D eigenvalue weighted by molar-refractivity contribution is -0.188. The number of ether oxygens (including phenoxy) is 2. The standard InChI is InChI=1S/C20H24F3N5O5/c1-18(2,3)33-17(31)14(29)15-16(30)27(10-19(4,5)32-15)13-6-7-28(26-13)11-8-12(20(21,22)23)25-24-9-11/h6-9,14-15,29H,10H2,1-5H3. The summed E-state index contributed by atoms with van der Waals surface area (Å²) in [5.74, 6) is -1.68. The number of halogens is 3. The number of alkyl halides is 3. The van der Waals surface area contributed by atoms with Gasteiger partial charge in [-0.2, -0.15) is 18.3 Å². The van der Waals surface area contributed by atoms with Crippen LogP contribution in [0.4, 0.5) is 19.0 Å². The van der Waals surface area contributed by atoms with E-state index in [0.717, 1.165) is 16.9 Å². The molecule has 3 heterocycles. The van der Waals surface area contributed by atoms with Gasteiger partial charge in [0.1, 0.15) is 5.60 Å². The Morgan fingerprint density at radius 3 is 2.61 bits per heavy atom. The number of amides is 1. The van der Waals surface area contributed by atoms with Crippen LogP contribution >= 0.6 is 0 Å². The Bertz CT molecular complexity index is 1050. The molecule has 2 aromatic rings. The molecule has 33 heavy (non-hydrogen) atoms. The summed E-state index contributed by atoms with van der Waals surface area (Å²) in [5.41, 5.74) is -3.08. The molecule has 0 aliphatic carbocycles. The third-order valence-corrected chi connectivity index (χ3v) is 4.48. The van der Waals surface area contributed by atoms with E-state index in [4.69, 9.17) is 9.47 Å². The number of esters is 1. The number of aromatic nitrogens is 4.